The smallest absolute Gasteiger partial charge is 0.378 e. The summed E-state index contributed by atoms with van der Waals surface area (Å²) in [7, 11) is -4.37. The zero-order valence-electron chi connectivity index (χ0n) is 19.3. The molecule has 0 aliphatic carbocycles. The van der Waals surface area contributed by atoms with Crippen LogP contribution >= 0.6 is 11.3 Å². The number of thiazole rings is 1. The van der Waals surface area contributed by atoms with Crippen LogP contribution in [0.15, 0.2) is 47.4 Å². The Morgan fingerprint density at radius 2 is 1.80 bits per heavy atom. The summed E-state index contributed by atoms with van der Waals surface area (Å²) in [6.07, 6.45) is -3.87. The normalized spacial score (nSPS) is 19.6. The Kier molecular flexibility index (Phi) is 6.71. The maximum Gasteiger partial charge on any atom is 0.416 e. The highest BCUT2D eigenvalue weighted by Crippen LogP contribution is 2.36. The SMILES string of the molecule is CC(C)(C)C1CC(C(=O)OS(=O)(=O)c2ccc3nc(-c4ccc(C(F)(F)F)cc4)sc3c2)CCO1. The zero-order chi connectivity index (χ0) is 25.6. The highest BCUT2D eigenvalue weighted by molar-refractivity contribution is 7.87. The first-order valence-corrected chi connectivity index (χ1v) is 13.1. The molecule has 0 spiro atoms. The van der Waals surface area contributed by atoms with Gasteiger partial charge < -0.3 is 8.92 Å². The molecule has 1 saturated heterocycles. The minimum absolute atomic E-state index is 0.186. The summed E-state index contributed by atoms with van der Waals surface area (Å²) < 4.78 is 75.3. The summed E-state index contributed by atoms with van der Waals surface area (Å²) in [4.78, 5) is 16.9. The van der Waals surface area contributed by atoms with E-state index in [9.17, 15) is 26.4 Å². The molecule has 188 valence electrons. The van der Waals surface area contributed by atoms with Crippen molar-refractivity contribution in [3.63, 3.8) is 0 Å². The van der Waals surface area contributed by atoms with Crippen LogP contribution in [-0.4, -0.2) is 32.1 Å². The molecule has 1 aromatic heterocycles. The van der Waals surface area contributed by atoms with Crippen molar-refractivity contribution in [3.05, 3.63) is 48.0 Å². The molecular weight excluding hydrogens is 503 g/mol. The van der Waals surface area contributed by atoms with E-state index in [0.29, 0.717) is 40.2 Å². The predicted molar refractivity (Wildman–Crippen MR) is 125 cm³/mol. The average molecular weight is 528 g/mol. The molecule has 0 N–H and O–H groups in total. The summed E-state index contributed by atoms with van der Waals surface area (Å²) in [5, 5.41) is 0.440. The van der Waals surface area contributed by atoms with Crippen LogP contribution in [0.3, 0.4) is 0 Å². The topological polar surface area (TPSA) is 82.6 Å². The molecule has 1 fully saturated rings. The van der Waals surface area contributed by atoms with E-state index in [-0.39, 0.29) is 16.4 Å². The van der Waals surface area contributed by atoms with Crippen molar-refractivity contribution in [2.24, 2.45) is 11.3 Å². The highest BCUT2D eigenvalue weighted by atomic mass is 32.2. The van der Waals surface area contributed by atoms with E-state index in [0.717, 1.165) is 23.5 Å². The van der Waals surface area contributed by atoms with Crippen LogP contribution in [0.2, 0.25) is 0 Å². The number of carbonyl (C=O) groups excluding carboxylic acids is 1. The van der Waals surface area contributed by atoms with E-state index in [1.54, 1.807) is 0 Å². The van der Waals surface area contributed by atoms with Crippen LogP contribution < -0.4 is 0 Å². The molecular formula is C24H24F3NO5S2. The number of ether oxygens (including phenoxy) is 1. The van der Waals surface area contributed by atoms with Gasteiger partial charge in [0.2, 0.25) is 0 Å². The van der Waals surface area contributed by atoms with E-state index in [4.69, 9.17) is 8.92 Å². The summed E-state index contributed by atoms with van der Waals surface area (Å²) in [6.45, 7) is 6.32. The molecule has 0 amide bonds. The van der Waals surface area contributed by atoms with Gasteiger partial charge in [-0.05, 0) is 48.6 Å². The maximum atomic E-state index is 12.8. The number of alkyl halides is 3. The molecule has 2 unspecified atom stereocenters. The number of rotatable bonds is 4. The molecule has 2 heterocycles. The third-order valence-electron chi connectivity index (χ3n) is 5.88. The monoisotopic (exact) mass is 527 g/mol. The first-order chi connectivity index (χ1) is 16.2. The lowest BCUT2D eigenvalue weighted by Crippen LogP contribution is -2.39. The van der Waals surface area contributed by atoms with Crippen LogP contribution in [-0.2, 0) is 30.0 Å². The standard InChI is InChI=1S/C24H24F3NO5S2/c1-23(2,3)20-12-15(10-11-32-20)22(29)33-35(30,31)17-8-9-18-19(13-17)34-21(28-18)14-4-6-16(7-5-14)24(25,26)27/h4-9,13,15,20H,10-12H2,1-3H3. The van der Waals surface area contributed by atoms with E-state index < -0.39 is 33.7 Å². The lowest BCUT2D eigenvalue weighted by atomic mass is 9.81. The van der Waals surface area contributed by atoms with E-state index >= 15 is 0 Å². The van der Waals surface area contributed by atoms with Gasteiger partial charge in [0.15, 0.2) is 0 Å². The van der Waals surface area contributed by atoms with Crippen LogP contribution in [0.5, 0.6) is 0 Å². The Bertz CT molecular complexity index is 1340. The fourth-order valence-corrected chi connectivity index (χ4v) is 5.85. The largest absolute Gasteiger partial charge is 0.416 e. The third kappa shape index (κ3) is 5.68. The van der Waals surface area contributed by atoms with Crippen molar-refractivity contribution in [3.8, 4) is 10.6 Å². The highest BCUT2D eigenvalue weighted by Gasteiger charge is 2.37. The number of aromatic nitrogens is 1. The van der Waals surface area contributed by atoms with Crippen molar-refractivity contribution >= 4 is 37.6 Å². The van der Waals surface area contributed by atoms with Gasteiger partial charge in [0.25, 0.3) is 0 Å². The van der Waals surface area contributed by atoms with Gasteiger partial charge in [-0.15, -0.1) is 11.3 Å². The van der Waals surface area contributed by atoms with Gasteiger partial charge in [0.05, 0.1) is 27.8 Å². The van der Waals surface area contributed by atoms with Crippen molar-refractivity contribution in [1.29, 1.82) is 0 Å². The van der Waals surface area contributed by atoms with Gasteiger partial charge in [-0.1, -0.05) is 32.9 Å². The number of benzene rings is 2. The van der Waals surface area contributed by atoms with Gasteiger partial charge in [-0.25, -0.2) is 4.98 Å². The third-order valence-corrected chi connectivity index (χ3v) is 8.17. The van der Waals surface area contributed by atoms with Crippen molar-refractivity contribution < 1.29 is 35.3 Å². The first-order valence-electron chi connectivity index (χ1n) is 10.9. The Morgan fingerprint density at radius 3 is 2.43 bits per heavy atom. The van der Waals surface area contributed by atoms with Crippen LogP contribution in [0.1, 0.15) is 39.2 Å². The molecule has 2 atom stereocenters. The van der Waals surface area contributed by atoms with Crippen molar-refractivity contribution in [2.45, 2.75) is 50.8 Å². The van der Waals surface area contributed by atoms with Crippen molar-refractivity contribution in [1.82, 2.24) is 4.98 Å². The molecule has 35 heavy (non-hydrogen) atoms. The van der Waals surface area contributed by atoms with Gasteiger partial charge >= 0.3 is 22.3 Å². The van der Waals surface area contributed by atoms with E-state index in [1.165, 1.54) is 30.3 Å². The second-order valence-electron chi connectivity index (χ2n) is 9.53. The molecule has 0 bridgehead atoms. The molecule has 6 nitrogen and oxygen atoms in total. The fourth-order valence-electron chi connectivity index (χ4n) is 3.82. The number of fused-ring (bicyclic) bond motifs is 1. The lowest BCUT2D eigenvalue weighted by molar-refractivity contribution is -0.146. The molecule has 11 heteroatoms. The number of hydrogen-bond donors (Lipinski definition) is 0. The van der Waals surface area contributed by atoms with Crippen molar-refractivity contribution in [2.75, 3.05) is 6.61 Å². The van der Waals surface area contributed by atoms with E-state index in [2.05, 4.69) is 4.98 Å². The van der Waals surface area contributed by atoms with Gasteiger partial charge in [0, 0.05) is 12.2 Å². The summed E-state index contributed by atoms with van der Waals surface area (Å²) >= 11 is 1.13. The number of nitrogens with zero attached hydrogens (tertiary/aromatic N) is 1. The Morgan fingerprint density at radius 1 is 1.11 bits per heavy atom. The molecule has 4 rings (SSSR count). The van der Waals surface area contributed by atoms with E-state index in [1.807, 2.05) is 20.8 Å². The Labute approximate surface area is 205 Å². The Hall–Kier alpha value is -2.50. The molecule has 1 aliphatic heterocycles. The van der Waals surface area contributed by atoms with Gasteiger partial charge in [-0.2, -0.15) is 21.6 Å². The zero-order valence-corrected chi connectivity index (χ0v) is 20.9. The number of carbonyl (C=O) groups is 1. The predicted octanol–water partition coefficient (Wildman–Crippen LogP) is 6.06. The lowest BCUT2D eigenvalue weighted by Gasteiger charge is -2.36. The summed E-state index contributed by atoms with van der Waals surface area (Å²) in [6, 6.07) is 8.70. The van der Waals surface area contributed by atoms with Crippen LogP contribution in [0.4, 0.5) is 13.2 Å². The Balaban J connectivity index is 1.53. The molecule has 1 aliphatic rings. The van der Waals surface area contributed by atoms with Crippen LogP contribution in [0, 0.1) is 11.3 Å². The number of hydrogen-bond acceptors (Lipinski definition) is 7. The average Bonchev–Trinajstić information content (AvgIpc) is 3.21. The molecule has 2 aromatic carbocycles. The van der Waals surface area contributed by atoms with Crippen LogP contribution in [0.25, 0.3) is 20.8 Å². The fraction of sp³-hybridized carbons (Fsp3) is 0.417. The minimum Gasteiger partial charge on any atom is -0.378 e. The second-order valence-corrected chi connectivity index (χ2v) is 12.1. The quantitative estimate of drug-likeness (QED) is 0.384. The summed E-state index contributed by atoms with van der Waals surface area (Å²) in [5.74, 6) is -1.39. The second kappa shape index (κ2) is 9.18. The molecule has 3 aromatic rings. The summed E-state index contributed by atoms with van der Waals surface area (Å²) in [5.41, 5.74) is -0.00808. The maximum absolute atomic E-state index is 12.8. The molecule has 0 radical (unpaired) electrons. The number of halogens is 3. The molecule has 0 saturated carbocycles. The minimum atomic E-state index is -4.44. The van der Waals surface area contributed by atoms with Gasteiger partial charge in [-0.3, -0.25) is 4.79 Å². The first kappa shape index (κ1) is 25.6. The van der Waals surface area contributed by atoms with Gasteiger partial charge in [0.1, 0.15) is 9.90 Å².